The molecule has 0 aliphatic heterocycles. The standard InChI is InChI=1S/C31H23NO3/c1-35-31(34)29(27-25-16-8-6-14-23(25)24-15-7-9-17-26(24)27)32-30(33)28-21-12-4-2-10-19(21)18-20-11-3-5-13-22(20)28/h2-18,27,29H,1H3,(H,32,33)/t29-/m0/s1. The Morgan fingerprint density at radius 3 is 1.74 bits per heavy atom. The molecule has 35 heavy (non-hydrogen) atoms. The van der Waals surface area contributed by atoms with Gasteiger partial charge in [-0.05, 0) is 49.9 Å². The second-order valence-corrected chi connectivity index (χ2v) is 8.82. The van der Waals surface area contributed by atoms with Crippen molar-refractivity contribution in [1.29, 1.82) is 0 Å². The number of hydrogen-bond acceptors (Lipinski definition) is 3. The van der Waals surface area contributed by atoms with E-state index in [2.05, 4.69) is 23.5 Å². The fourth-order valence-electron chi connectivity index (χ4n) is 5.43. The van der Waals surface area contributed by atoms with E-state index in [0.717, 1.165) is 43.8 Å². The Labute approximate surface area is 203 Å². The number of benzene rings is 5. The van der Waals surface area contributed by atoms with Gasteiger partial charge in [-0.25, -0.2) is 4.79 Å². The van der Waals surface area contributed by atoms with Gasteiger partial charge in [-0.3, -0.25) is 4.79 Å². The number of carbonyl (C=O) groups excluding carboxylic acids is 2. The number of nitrogens with one attached hydrogen (secondary N) is 1. The summed E-state index contributed by atoms with van der Waals surface area (Å²) in [5.41, 5.74) is 4.73. The molecule has 0 bridgehead atoms. The summed E-state index contributed by atoms with van der Waals surface area (Å²) < 4.78 is 5.21. The van der Waals surface area contributed by atoms with Crippen molar-refractivity contribution >= 4 is 33.4 Å². The predicted octanol–water partition coefficient (Wildman–Crippen LogP) is 6.08. The van der Waals surface area contributed by atoms with E-state index < -0.39 is 12.0 Å². The zero-order valence-electron chi connectivity index (χ0n) is 19.2. The van der Waals surface area contributed by atoms with Gasteiger partial charge in [-0.1, -0.05) is 97.1 Å². The van der Waals surface area contributed by atoms with E-state index in [1.807, 2.05) is 84.9 Å². The molecule has 0 heterocycles. The van der Waals surface area contributed by atoms with Gasteiger partial charge in [0.1, 0.15) is 6.04 Å². The van der Waals surface area contributed by atoms with Gasteiger partial charge < -0.3 is 10.1 Å². The maximum Gasteiger partial charge on any atom is 0.329 e. The lowest BCUT2D eigenvalue weighted by molar-refractivity contribution is -0.143. The Balaban J connectivity index is 1.50. The summed E-state index contributed by atoms with van der Waals surface area (Å²) >= 11 is 0. The Morgan fingerprint density at radius 1 is 0.714 bits per heavy atom. The molecule has 0 radical (unpaired) electrons. The molecule has 1 amide bonds. The number of ether oxygens (including phenoxy) is 1. The summed E-state index contributed by atoms with van der Waals surface area (Å²) in [5, 5.41) is 6.72. The van der Waals surface area contributed by atoms with Crippen LogP contribution in [0, 0.1) is 0 Å². The van der Waals surface area contributed by atoms with E-state index in [-0.39, 0.29) is 11.8 Å². The molecule has 6 rings (SSSR count). The lowest BCUT2D eigenvalue weighted by atomic mass is 9.88. The van der Waals surface area contributed by atoms with Crippen molar-refractivity contribution in [3.05, 3.63) is 120 Å². The number of esters is 1. The van der Waals surface area contributed by atoms with Crippen LogP contribution in [0.4, 0.5) is 0 Å². The van der Waals surface area contributed by atoms with Gasteiger partial charge in [0.05, 0.1) is 12.7 Å². The first-order valence-corrected chi connectivity index (χ1v) is 11.6. The van der Waals surface area contributed by atoms with Crippen molar-refractivity contribution in [2.75, 3.05) is 7.11 Å². The summed E-state index contributed by atoms with van der Waals surface area (Å²) in [6.45, 7) is 0. The maximum absolute atomic E-state index is 14.0. The second-order valence-electron chi connectivity index (χ2n) is 8.82. The molecule has 170 valence electrons. The van der Waals surface area contributed by atoms with Gasteiger partial charge in [-0.2, -0.15) is 0 Å². The van der Waals surface area contributed by atoms with E-state index in [1.54, 1.807) is 0 Å². The highest BCUT2D eigenvalue weighted by Gasteiger charge is 2.39. The summed E-state index contributed by atoms with van der Waals surface area (Å²) in [5.74, 6) is -1.12. The topological polar surface area (TPSA) is 55.4 Å². The van der Waals surface area contributed by atoms with Gasteiger partial charge in [0, 0.05) is 5.92 Å². The van der Waals surface area contributed by atoms with Crippen LogP contribution in [0.15, 0.2) is 103 Å². The maximum atomic E-state index is 14.0. The van der Waals surface area contributed by atoms with Crippen LogP contribution in [-0.4, -0.2) is 25.0 Å². The average molecular weight is 458 g/mol. The minimum Gasteiger partial charge on any atom is -0.467 e. The van der Waals surface area contributed by atoms with E-state index in [9.17, 15) is 9.59 Å². The second kappa shape index (κ2) is 8.41. The Hall–Kier alpha value is -4.44. The summed E-state index contributed by atoms with van der Waals surface area (Å²) in [7, 11) is 1.36. The number of hydrogen-bond donors (Lipinski definition) is 1. The molecule has 0 saturated heterocycles. The normalized spacial score (nSPS) is 13.3. The van der Waals surface area contributed by atoms with Crippen molar-refractivity contribution in [2.45, 2.75) is 12.0 Å². The van der Waals surface area contributed by atoms with Gasteiger partial charge in [0.15, 0.2) is 0 Å². The summed E-state index contributed by atoms with van der Waals surface area (Å²) in [6.07, 6.45) is 0. The van der Waals surface area contributed by atoms with E-state index in [1.165, 1.54) is 7.11 Å². The van der Waals surface area contributed by atoms with E-state index in [0.29, 0.717) is 5.56 Å². The molecule has 1 atom stereocenters. The van der Waals surface area contributed by atoms with Gasteiger partial charge in [-0.15, -0.1) is 0 Å². The third-order valence-corrected chi connectivity index (χ3v) is 6.96. The number of fused-ring (bicyclic) bond motifs is 5. The predicted molar refractivity (Wildman–Crippen MR) is 138 cm³/mol. The number of rotatable bonds is 4. The first-order valence-electron chi connectivity index (χ1n) is 11.6. The van der Waals surface area contributed by atoms with Gasteiger partial charge >= 0.3 is 5.97 Å². The molecular formula is C31H23NO3. The van der Waals surface area contributed by atoms with Crippen molar-refractivity contribution in [2.24, 2.45) is 0 Å². The van der Waals surface area contributed by atoms with Crippen LogP contribution in [0.1, 0.15) is 27.4 Å². The summed E-state index contributed by atoms with van der Waals surface area (Å²) in [4.78, 5) is 27.1. The van der Waals surface area contributed by atoms with Crippen LogP contribution in [0.3, 0.4) is 0 Å². The molecule has 0 fully saturated rings. The zero-order valence-corrected chi connectivity index (χ0v) is 19.2. The molecule has 4 nitrogen and oxygen atoms in total. The van der Waals surface area contributed by atoms with Crippen molar-refractivity contribution < 1.29 is 14.3 Å². The molecular weight excluding hydrogens is 434 g/mol. The monoisotopic (exact) mass is 457 g/mol. The lowest BCUT2D eigenvalue weighted by Gasteiger charge is -2.25. The number of amides is 1. The van der Waals surface area contributed by atoms with Gasteiger partial charge in [0.2, 0.25) is 0 Å². The minimum atomic E-state index is -0.880. The molecule has 0 unspecified atom stereocenters. The molecule has 5 aromatic carbocycles. The largest absolute Gasteiger partial charge is 0.467 e. The Bertz CT molecular complexity index is 1520. The molecule has 4 heteroatoms. The van der Waals surface area contributed by atoms with Crippen LogP contribution >= 0.6 is 0 Å². The molecule has 1 aliphatic rings. The first-order chi connectivity index (χ1) is 17.2. The Kier molecular flexibility index (Phi) is 5.07. The average Bonchev–Trinajstić information content (AvgIpc) is 3.24. The zero-order chi connectivity index (χ0) is 23.9. The SMILES string of the molecule is COC(=O)[C@@H](NC(=O)c1c2ccccc2cc2ccccc12)C1c2ccccc2-c2ccccc21. The van der Waals surface area contributed by atoms with Crippen molar-refractivity contribution in [1.82, 2.24) is 5.32 Å². The molecule has 0 saturated carbocycles. The van der Waals surface area contributed by atoms with E-state index >= 15 is 0 Å². The molecule has 5 aromatic rings. The van der Waals surface area contributed by atoms with Crippen LogP contribution in [0.5, 0.6) is 0 Å². The van der Waals surface area contributed by atoms with Crippen LogP contribution in [0.25, 0.3) is 32.7 Å². The molecule has 0 aromatic heterocycles. The number of carbonyl (C=O) groups is 2. The molecule has 1 aliphatic carbocycles. The van der Waals surface area contributed by atoms with E-state index in [4.69, 9.17) is 4.74 Å². The lowest BCUT2D eigenvalue weighted by Crippen LogP contribution is -2.45. The summed E-state index contributed by atoms with van der Waals surface area (Å²) in [6, 6.07) is 33.0. The first kappa shape index (κ1) is 21.1. The van der Waals surface area contributed by atoms with Gasteiger partial charge in [0.25, 0.3) is 5.91 Å². The van der Waals surface area contributed by atoms with Crippen molar-refractivity contribution in [3.8, 4) is 11.1 Å². The van der Waals surface area contributed by atoms with Crippen LogP contribution in [0.2, 0.25) is 0 Å². The third kappa shape index (κ3) is 3.38. The minimum absolute atomic E-state index is 0.296. The number of methoxy groups -OCH3 is 1. The third-order valence-electron chi connectivity index (χ3n) is 6.96. The molecule has 0 spiro atoms. The molecule has 1 N–H and O–H groups in total. The highest BCUT2D eigenvalue weighted by molar-refractivity contribution is 6.18. The quantitative estimate of drug-likeness (QED) is 0.263. The fraction of sp³-hybridized carbons (Fsp3) is 0.0968. The highest BCUT2D eigenvalue weighted by atomic mass is 16.5. The Morgan fingerprint density at radius 2 is 1.20 bits per heavy atom. The highest BCUT2D eigenvalue weighted by Crippen LogP contribution is 2.46. The van der Waals surface area contributed by atoms with Crippen LogP contribution < -0.4 is 5.32 Å². The van der Waals surface area contributed by atoms with Crippen LogP contribution in [-0.2, 0) is 9.53 Å². The fourth-order valence-corrected chi connectivity index (χ4v) is 5.43. The van der Waals surface area contributed by atoms with Crippen molar-refractivity contribution in [3.63, 3.8) is 0 Å². The smallest absolute Gasteiger partial charge is 0.329 e.